The second-order valence-electron chi connectivity index (χ2n) is 3.88. The standard InChI is InChI=1S/C13H17N3/c1-3-12-8-11(9-14)15-16(12)13-7-5-4-6-10(13)2/h4-8H,3,9,14H2,1-2H3. The number of para-hydroxylation sites is 1. The zero-order valence-corrected chi connectivity index (χ0v) is 9.77. The van der Waals surface area contributed by atoms with Gasteiger partial charge in [0.05, 0.1) is 11.4 Å². The minimum Gasteiger partial charge on any atom is -0.325 e. The fraction of sp³-hybridized carbons (Fsp3) is 0.308. The van der Waals surface area contributed by atoms with E-state index >= 15 is 0 Å². The highest BCUT2D eigenvalue weighted by Crippen LogP contribution is 2.16. The lowest BCUT2D eigenvalue weighted by atomic mass is 10.2. The van der Waals surface area contributed by atoms with E-state index in [0.29, 0.717) is 6.54 Å². The maximum atomic E-state index is 5.63. The second kappa shape index (κ2) is 4.49. The molecule has 3 nitrogen and oxygen atoms in total. The Morgan fingerprint density at radius 1 is 1.31 bits per heavy atom. The summed E-state index contributed by atoms with van der Waals surface area (Å²) in [5, 5.41) is 4.52. The molecule has 0 radical (unpaired) electrons. The second-order valence-corrected chi connectivity index (χ2v) is 3.88. The van der Waals surface area contributed by atoms with E-state index in [4.69, 9.17) is 5.73 Å². The summed E-state index contributed by atoms with van der Waals surface area (Å²) in [4.78, 5) is 0. The largest absolute Gasteiger partial charge is 0.325 e. The first-order valence-corrected chi connectivity index (χ1v) is 5.60. The number of nitrogens with two attached hydrogens (primary N) is 1. The molecule has 2 rings (SSSR count). The lowest BCUT2D eigenvalue weighted by Gasteiger charge is -2.08. The Labute approximate surface area is 95.9 Å². The Morgan fingerprint density at radius 2 is 2.06 bits per heavy atom. The monoisotopic (exact) mass is 215 g/mol. The molecule has 2 N–H and O–H groups in total. The van der Waals surface area contributed by atoms with Gasteiger partial charge in [0, 0.05) is 12.2 Å². The summed E-state index contributed by atoms with van der Waals surface area (Å²) in [6, 6.07) is 10.3. The smallest absolute Gasteiger partial charge is 0.0767 e. The van der Waals surface area contributed by atoms with E-state index in [9.17, 15) is 0 Å². The lowest BCUT2D eigenvalue weighted by molar-refractivity contribution is 0.786. The molecule has 0 fully saturated rings. The molecule has 1 aromatic heterocycles. The average molecular weight is 215 g/mol. The molecule has 0 aliphatic rings. The molecule has 1 heterocycles. The van der Waals surface area contributed by atoms with Gasteiger partial charge in [-0.3, -0.25) is 0 Å². The van der Waals surface area contributed by atoms with Gasteiger partial charge in [-0.15, -0.1) is 0 Å². The van der Waals surface area contributed by atoms with Crippen LogP contribution in [0, 0.1) is 6.92 Å². The Morgan fingerprint density at radius 3 is 2.69 bits per heavy atom. The molecule has 0 saturated carbocycles. The summed E-state index contributed by atoms with van der Waals surface area (Å²) in [6.45, 7) is 4.72. The highest BCUT2D eigenvalue weighted by atomic mass is 15.3. The molecule has 0 aliphatic carbocycles. The molecule has 2 aromatic rings. The number of rotatable bonds is 3. The van der Waals surface area contributed by atoms with E-state index in [-0.39, 0.29) is 0 Å². The molecule has 0 atom stereocenters. The summed E-state index contributed by atoms with van der Waals surface area (Å²) in [5.74, 6) is 0. The molecular formula is C13H17N3. The van der Waals surface area contributed by atoms with Crippen LogP contribution in [0.2, 0.25) is 0 Å². The maximum absolute atomic E-state index is 5.63. The molecule has 0 aliphatic heterocycles. The quantitative estimate of drug-likeness (QED) is 0.853. The first-order valence-electron chi connectivity index (χ1n) is 5.60. The SMILES string of the molecule is CCc1cc(CN)nn1-c1ccccc1C. The fourth-order valence-electron chi connectivity index (χ4n) is 1.84. The summed E-state index contributed by atoms with van der Waals surface area (Å²) >= 11 is 0. The molecule has 84 valence electrons. The summed E-state index contributed by atoms with van der Waals surface area (Å²) in [6.07, 6.45) is 0.960. The van der Waals surface area contributed by atoms with E-state index in [0.717, 1.165) is 17.8 Å². The highest BCUT2D eigenvalue weighted by molar-refractivity contribution is 5.41. The molecule has 1 aromatic carbocycles. The van der Waals surface area contributed by atoms with Crippen molar-refractivity contribution in [1.29, 1.82) is 0 Å². The number of benzene rings is 1. The number of hydrogen-bond donors (Lipinski definition) is 1. The minimum atomic E-state index is 0.492. The van der Waals surface area contributed by atoms with Crippen LogP contribution in [0.4, 0.5) is 0 Å². The van der Waals surface area contributed by atoms with Crippen molar-refractivity contribution >= 4 is 0 Å². The third-order valence-electron chi connectivity index (χ3n) is 2.75. The van der Waals surface area contributed by atoms with Crippen LogP contribution in [0.5, 0.6) is 0 Å². The summed E-state index contributed by atoms with van der Waals surface area (Å²) in [5.41, 5.74) is 10.1. The lowest BCUT2D eigenvalue weighted by Crippen LogP contribution is -2.04. The molecule has 0 bridgehead atoms. The van der Waals surface area contributed by atoms with E-state index in [1.165, 1.54) is 11.3 Å². The highest BCUT2D eigenvalue weighted by Gasteiger charge is 2.08. The Hall–Kier alpha value is -1.61. The zero-order chi connectivity index (χ0) is 11.5. The van der Waals surface area contributed by atoms with Crippen LogP contribution in [0.3, 0.4) is 0 Å². The van der Waals surface area contributed by atoms with Crippen molar-refractivity contribution in [2.75, 3.05) is 0 Å². The van der Waals surface area contributed by atoms with Gasteiger partial charge >= 0.3 is 0 Å². The Kier molecular flexibility index (Phi) is 3.06. The van der Waals surface area contributed by atoms with Gasteiger partial charge in [0.2, 0.25) is 0 Å². The molecule has 16 heavy (non-hydrogen) atoms. The van der Waals surface area contributed by atoms with Crippen molar-refractivity contribution in [3.63, 3.8) is 0 Å². The van der Waals surface area contributed by atoms with Crippen LogP contribution in [0.15, 0.2) is 30.3 Å². The van der Waals surface area contributed by atoms with Gasteiger partial charge in [-0.05, 0) is 31.0 Å². The third kappa shape index (κ3) is 1.86. The van der Waals surface area contributed by atoms with E-state index in [2.05, 4.69) is 37.1 Å². The van der Waals surface area contributed by atoms with Crippen molar-refractivity contribution in [3.8, 4) is 5.69 Å². The number of aromatic nitrogens is 2. The fourth-order valence-corrected chi connectivity index (χ4v) is 1.84. The average Bonchev–Trinajstić information content (AvgIpc) is 2.72. The van der Waals surface area contributed by atoms with Crippen LogP contribution in [-0.2, 0) is 13.0 Å². The van der Waals surface area contributed by atoms with Crippen LogP contribution < -0.4 is 5.73 Å². The topological polar surface area (TPSA) is 43.8 Å². The molecule has 0 saturated heterocycles. The number of hydrogen-bond acceptors (Lipinski definition) is 2. The molecular weight excluding hydrogens is 198 g/mol. The van der Waals surface area contributed by atoms with Gasteiger partial charge < -0.3 is 5.73 Å². The third-order valence-corrected chi connectivity index (χ3v) is 2.75. The predicted molar refractivity (Wildman–Crippen MR) is 65.6 cm³/mol. The van der Waals surface area contributed by atoms with Gasteiger partial charge in [0.1, 0.15) is 0 Å². The van der Waals surface area contributed by atoms with Gasteiger partial charge in [-0.25, -0.2) is 4.68 Å². The zero-order valence-electron chi connectivity index (χ0n) is 9.77. The van der Waals surface area contributed by atoms with Crippen molar-refractivity contribution in [2.45, 2.75) is 26.8 Å². The minimum absolute atomic E-state index is 0.492. The Bertz CT molecular complexity index is 486. The van der Waals surface area contributed by atoms with Gasteiger partial charge in [-0.1, -0.05) is 25.1 Å². The van der Waals surface area contributed by atoms with E-state index in [1.54, 1.807) is 0 Å². The van der Waals surface area contributed by atoms with Gasteiger partial charge in [0.25, 0.3) is 0 Å². The van der Waals surface area contributed by atoms with Crippen LogP contribution in [0.25, 0.3) is 5.69 Å². The molecule has 3 heteroatoms. The first kappa shape index (κ1) is 10.9. The van der Waals surface area contributed by atoms with Crippen LogP contribution >= 0.6 is 0 Å². The summed E-state index contributed by atoms with van der Waals surface area (Å²) in [7, 11) is 0. The number of aryl methyl sites for hydroxylation is 2. The van der Waals surface area contributed by atoms with Gasteiger partial charge in [-0.2, -0.15) is 5.10 Å². The molecule has 0 spiro atoms. The molecule has 0 unspecified atom stereocenters. The Balaban J connectivity index is 2.54. The van der Waals surface area contributed by atoms with Crippen molar-refractivity contribution < 1.29 is 0 Å². The van der Waals surface area contributed by atoms with Crippen molar-refractivity contribution in [1.82, 2.24) is 9.78 Å². The van der Waals surface area contributed by atoms with Crippen molar-refractivity contribution in [2.24, 2.45) is 5.73 Å². The van der Waals surface area contributed by atoms with Gasteiger partial charge in [0.15, 0.2) is 0 Å². The number of nitrogens with zero attached hydrogens (tertiary/aromatic N) is 2. The normalized spacial score (nSPS) is 10.7. The van der Waals surface area contributed by atoms with Crippen LogP contribution in [-0.4, -0.2) is 9.78 Å². The van der Waals surface area contributed by atoms with E-state index < -0.39 is 0 Å². The molecule has 0 amide bonds. The maximum Gasteiger partial charge on any atom is 0.0767 e. The summed E-state index contributed by atoms with van der Waals surface area (Å²) < 4.78 is 2.00. The van der Waals surface area contributed by atoms with Crippen molar-refractivity contribution in [3.05, 3.63) is 47.3 Å². The predicted octanol–water partition coefficient (Wildman–Crippen LogP) is 2.20. The van der Waals surface area contributed by atoms with E-state index in [1.807, 2.05) is 16.8 Å². The first-order chi connectivity index (χ1) is 7.76. The van der Waals surface area contributed by atoms with Crippen LogP contribution in [0.1, 0.15) is 23.9 Å².